The van der Waals surface area contributed by atoms with E-state index in [0.717, 1.165) is 16.8 Å². The molecule has 1 aromatic heterocycles. The summed E-state index contributed by atoms with van der Waals surface area (Å²) in [6.45, 7) is 2.54. The van der Waals surface area contributed by atoms with Crippen LogP contribution in [0.4, 0.5) is 17.8 Å². The maximum atomic E-state index is 6.45. The topological polar surface area (TPSA) is 111 Å². The Hall–Kier alpha value is -3.69. The highest BCUT2D eigenvalue weighted by Gasteiger charge is 2.24. The van der Waals surface area contributed by atoms with Crippen LogP contribution < -0.4 is 16.0 Å². The maximum Gasteiger partial charge on any atom is 0.298 e. The van der Waals surface area contributed by atoms with Gasteiger partial charge in [-0.25, -0.2) is 0 Å². The molecule has 2 aromatic carbocycles. The number of nitrogen functional groups attached to an aromatic ring is 1. The average Bonchev–Trinajstić information content (AvgIpc) is 2.85. The standard InChI is InChI=1S/C23H22ClN7O2/c24-17-9-5-4-8-16(17)19-14-18(15-6-2-1-3-7-15)26-23(33-19)30-21-27-20(25)28-22(29-21)31-10-12-32-13-11-31/h1-9,14,19H,10-13H2,(H3,25,26,27,28,29,30). The number of anilines is 2. The number of ether oxygens (including phenoxy) is 2. The molecule has 0 bridgehead atoms. The molecule has 2 aliphatic heterocycles. The van der Waals surface area contributed by atoms with Gasteiger partial charge in [-0.05, 0) is 17.7 Å². The van der Waals surface area contributed by atoms with Crippen molar-refractivity contribution in [3.05, 3.63) is 76.8 Å². The molecule has 0 saturated carbocycles. The van der Waals surface area contributed by atoms with Gasteiger partial charge in [-0.15, -0.1) is 0 Å². The van der Waals surface area contributed by atoms with Crippen molar-refractivity contribution in [1.29, 1.82) is 0 Å². The van der Waals surface area contributed by atoms with E-state index in [9.17, 15) is 0 Å². The number of benzene rings is 2. The van der Waals surface area contributed by atoms with Crippen molar-refractivity contribution >= 4 is 41.2 Å². The Kier molecular flexibility index (Phi) is 6.05. The number of aliphatic imine (C=N–C) groups is 1. The van der Waals surface area contributed by atoms with Gasteiger partial charge in [0.15, 0.2) is 0 Å². The first-order chi connectivity index (χ1) is 16.2. The molecule has 1 saturated heterocycles. The summed E-state index contributed by atoms with van der Waals surface area (Å²) in [5.74, 6) is 0.698. The summed E-state index contributed by atoms with van der Waals surface area (Å²) in [5.41, 5.74) is 8.59. The third-order valence-electron chi connectivity index (χ3n) is 5.22. The zero-order chi connectivity index (χ0) is 22.6. The van der Waals surface area contributed by atoms with E-state index in [2.05, 4.69) is 25.3 Å². The zero-order valence-corrected chi connectivity index (χ0v) is 18.4. The minimum Gasteiger partial charge on any atom is -0.452 e. The molecular formula is C23H22ClN7O2. The number of hydrogen-bond acceptors (Lipinski definition) is 8. The Balaban J connectivity index is 1.51. The van der Waals surface area contributed by atoms with E-state index in [4.69, 9.17) is 26.8 Å². The lowest BCUT2D eigenvalue weighted by Crippen LogP contribution is -2.37. The van der Waals surface area contributed by atoms with E-state index in [1.807, 2.05) is 65.6 Å². The number of nitrogens with one attached hydrogen (secondary N) is 1. The van der Waals surface area contributed by atoms with Gasteiger partial charge in [-0.1, -0.05) is 60.1 Å². The Morgan fingerprint density at radius 1 is 1.00 bits per heavy atom. The highest BCUT2D eigenvalue weighted by molar-refractivity contribution is 6.31. The third kappa shape index (κ3) is 4.89. The Morgan fingerprint density at radius 3 is 2.55 bits per heavy atom. The molecular weight excluding hydrogens is 442 g/mol. The Bertz CT molecular complexity index is 1200. The highest BCUT2D eigenvalue weighted by atomic mass is 35.5. The number of nitrogens with two attached hydrogens (primary N) is 1. The van der Waals surface area contributed by atoms with E-state index >= 15 is 0 Å². The number of morpholine rings is 1. The summed E-state index contributed by atoms with van der Waals surface area (Å²) in [4.78, 5) is 19.4. The second-order valence-corrected chi connectivity index (χ2v) is 7.85. The van der Waals surface area contributed by atoms with Crippen molar-refractivity contribution < 1.29 is 9.47 Å². The molecule has 10 heteroatoms. The molecule has 3 aromatic rings. The van der Waals surface area contributed by atoms with Gasteiger partial charge in [0, 0.05) is 29.4 Å². The van der Waals surface area contributed by atoms with Gasteiger partial charge in [0.2, 0.25) is 11.9 Å². The third-order valence-corrected chi connectivity index (χ3v) is 5.56. The molecule has 0 aliphatic carbocycles. The fourth-order valence-electron chi connectivity index (χ4n) is 3.61. The smallest absolute Gasteiger partial charge is 0.298 e. The van der Waals surface area contributed by atoms with Gasteiger partial charge < -0.3 is 25.4 Å². The van der Waals surface area contributed by atoms with Gasteiger partial charge in [0.25, 0.3) is 12.0 Å². The average molecular weight is 464 g/mol. The van der Waals surface area contributed by atoms with Crippen molar-refractivity contribution in [2.75, 3.05) is 36.9 Å². The highest BCUT2D eigenvalue weighted by Crippen LogP contribution is 2.32. The van der Waals surface area contributed by atoms with Crippen molar-refractivity contribution in [3.8, 4) is 0 Å². The van der Waals surface area contributed by atoms with Crippen LogP contribution in [0.1, 0.15) is 17.2 Å². The van der Waals surface area contributed by atoms with E-state index in [-0.39, 0.29) is 17.9 Å². The summed E-state index contributed by atoms with van der Waals surface area (Å²) in [7, 11) is 0. The predicted molar refractivity (Wildman–Crippen MR) is 127 cm³/mol. The quantitative estimate of drug-likeness (QED) is 0.606. The lowest BCUT2D eigenvalue weighted by molar-refractivity contribution is 0.122. The first-order valence-electron chi connectivity index (χ1n) is 10.5. The van der Waals surface area contributed by atoms with Crippen molar-refractivity contribution in [2.45, 2.75) is 6.10 Å². The van der Waals surface area contributed by atoms with Crippen LogP contribution in [0.2, 0.25) is 5.02 Å². The van der Waals surface area contributed by atoms with Crippen LogP contribution in [0.5, 0.6) is 0 Å². The number of amidine groups is 1. The van der Waals surface area contributed by atoms with E-state index in [1.54, 1.807) is 0 Å². The molecule has 33 heavy (non-hydrogen) atoms. The molecule has 1 atom stereocenters. The predicted octanol–water partition coefficient (Wildman–Crippen LogP) is 3.33. The molecule has 3 heterocycles. The van der Waals surface area contributed by atoms with Gasteiger partial charge in [-0.2, -0.15) is 19.9 Å². The molecule has 5 rings (SSSR count). The molecule has 1 unspecified atom stereocenters. The fourth-order valence-corrected chi connectivity index (χ4v) is 3.85. The van der Waals surface area contributed by atoms with Gasteiger partial charge in [0.05, 0.1) is 13.2 Å². The lowest BCUT2D eigenvalue weighted by atomic mass is 10.0. The van der Waals surface area contributed by atoms with Crippen LogP contribution in [-0.2, 0) is 9.47 Å². The van der Waals surface area contributed by atoms with Gasteiger partial charge in [-0.3, -0.25) is 0 Å². The van der Waals surface area contributed by atoms with E-state index < -0.39 is 6.10 Å². The molecule has 0 radical (unpaired) electrons. The minimum atomic E-state index is -0.452. The molecule has 0 amide bonds. The maximum absolute atomic E-state index is 6.45. The lowest BCUT2D eigenvalue weighted by Gasteiger charge is -2.27. The first kappa shape index (κ1) is 21.2. The summed E-state index contributed by atoms with van der Waals surface area (Å²) >= 11 is 6.45. The van der Waals surface area contributed by atoms with Gasteiger partial charge >= 0.3 is 0 Å². The molecule has 168 valence electrons. The van der Waals surface area contributed by atoms with Crippen molar-refractivity contribution in [2.24, 2.45) is 4.99 Å². The molecule has 3 N–H and O–H groups in total. The SMILES string of the molecule is Nc1nc(/N=C2\NC(c3ccccc3)=CC(c3ccccc3Cl)O2)nc(N2CCOCC2)n1. The van der Waals surface area contributed by atoms with Crippen LogP contribution in [-0.4, -0.2) is 47.3 Å². The van der Waals surface area contributed by atoms with Crippen LogP contribution in [0.3, 0.4) is 0 Å². The van der Waals surface area contributed by atoms with Crippen molar-refractivity contribution in [1.82, 2.24) is 20.3 Å². The number of nitrogens with zero attached hydrogens (tertiary/aromatic N) is 5. The van der Waals surface area contributed by atoms with E-state index in [0.29, 0.717) is 37.3 Å². The Morgan fingerprint density at radius 2 is 1.76 bits per heavy atom. The summed E-state index contributed by atoms with van der Waals surface area (Å²) in [5, 5.41) is 3.83. The van der Waals surface area contributed by atoms with E-state index in [1.165, 1.54) is 0 Å². The summed E-state index contributed by atoms with van der Waals surface area (Å²) in [6, 6.07) is 17.7. The number of rotatable bonds is 4. The molecule has 0 spiro atoms. The molecule has 2 aliphatic rings. The normalized spacial score (nSPS) is 19.5. The van der Waals surface area contributed by atoms with Crippen LogP contribution >= 0.6 is 11.6 Å². The summed E-state index contributed by atoms with van der Waals surface area (Å²) < 4.78 is 11.5. The molecule has 9 nitrogen and oxygen atoms in total. The largest absolute Gasteiger partial charge is 0.452 e. The monoisotopic (exact) mass is 463 g/mol. The van der Waals surface area contributed by atoms with Gasteiger partial charge in [0.1, 0.15) is 6.10 Å². The van der Waals surface area contributed by atoms with Crippen LogP contribution in [0, 0.1) is 0 Å². The number of aromatic nitrogens is 3. The first-order valence-corrected chi connectivity index (χ1v) is 10.9. The second-order valence-electron chi connectivity index (χ2n) is 7.44. The fraction of sp³-hybridized carbons (Fsp3) is 0.217. The van der Waals surface area contributed by atoms with Crippen LogP contribution in [0.15, 0.2) is 65.7 Å². The van der Waals surface area contributed by atoms with Crippen molar-refractivity contribution in [3.63, 3.8) is 0 Å². The minimum absolute atomic E-state index is 0.0862. The zero-order valence-electron chi connectivity index (χ0n) is 17.7. The number of hydrogen-bond donors (Lipinski definition) is 2. The second kappa shape index (κ2) is 9.43. The summed E-state index contributed by atoms with van der Waals surface area (Å²) in [6.07, 6.45) is 1.52. The Labute approximate surface area is 195 Å². The van der Waals surface area contributed by atoms with Crippen LogP contribution in [0.25, 0.3) is 5.70 Å². The molecule has 1 fully saturated rings. The number of halogens is 1.